The SMILES string of the molecule is CC1=C(C)[C@@H](C)[C@H](O)C1=O. The molecule has 0 saturated heterocycles. The Morgan fingerprint density at radius 3 is 2.00 bits per heavy atom. The van der Waals surface area contributed by atoms with Gasteiger partial charge in [-0.1, -0.05) is 12.5 Å². The van der Waals surface area contributed by atoms with Gasteiger partial charge in [-0.15, -0.1) is 0 Å². The van der Waals surface area contributed by atoms with E-state index in [1.165, 1.54) is 0 Å². The predicted molar refractivity (Wildman–Crippen MR) is 38.6 cm³/mol. The standard InChI is InChI=1S/C8H12O2/c1-4-5(2)7(9)8(10)6(4)3/h5,7,9H,1-3H3/t5-,7+/m1/s1. The van der Waals surface area contributed by atoms with Crippen LogP contribution in [0.1, 0.15) is 20.8 Å². The third kappa shape index (κ3) is 0.797. The van der Waals surface area contributed by atoms with E-state index in [2.05, 4.69) is 0 Å². The summed E-state index contributed by atoms with van der Waals surface area (Å²) in [6.45, 7) is 5.53. The fourth-order valence-electron chi connectivity index (χ4n) is 1.22. The molecule has 0 unspecified atom stereocenters. The topological polar surface area (TPSA) is 37.3 Å². The van der Waals surface area contributed by atoms with Gasteiger partial charge < -0.3 is 5.11 Å². The van der Waals surface area contributed by atoms with Gasteiger partial charge in [-0.25, -0.2) is 0 Å². The molecular formula is C8H12O2. The lowest BCUT2D eigenvalue weighted by Gasteiger charge is -2.07. The van der Waals surface area contributed by atoms with Crippen molar-refractivity contribution in [1.82, 2.24) is 0 Å². The Kier molecular flexibility index (Phi) is 1.65. The van der Waals surface area contributed by atoms with Gasteiger partial charge in [-0.05, 0) is 19.4 Å². The first-order valence-corrected chi connectivity index (χ1v) is 3.45. The Bertz CT molecular complexity index is 203. The van der Waals surface area contributed by atoms with Crippen molar-refractivity contribution < 1.29 is 9.90 Å². The first kappa shape index (κ1) is 7.48. The van der Waals surface area contributed by atoms with Gasteiger partial charge in [0.05, 0.1) is 0 Å². The van der Waals surface area contributed by atoms with E-state index < -0.39 is 6.10 Å². The average Bonchev–Trinajstić information content (AvgIpc) is 2.07. The number of ketones is 1. The van der Waals surface area contributed by atoms with Crippen LogP contribution in [0.5, 0.6) is 0 Å². The second kappa shape index (κ2) is 2.20. The van der Waals surface area contributed by atoms with Crippen molar-refractivity contribution in [3.63, 3.8) is 0 Å². The van der Waals surface area contributed by atoms with Crippen LogP contribution in [0, 0.1) is 5.92 Å². The minimum Gasteiger partial charge on any atom is -0.384 e. The molecule has 0 fully saturated rings. The fourth-order valence-corrected chi connectivity index (χ4v) is 1.22. The van der Waals surface area contributed by atoms with Crippen LogP contribution in [0.4, 0.5) is 0 Å². The van der Waals surface area contributed by atoms with Gasteiger partial charge in [0.25, 0.3) is 0 Å². The molecule has 10 heavy (non-hydrogen) atoms. The van der Waals surface area contributed by atoms with Crippen molar-refractivity contribution in [2.75, 3.05) is 0 Å². The Morgan fingerprint density at radius 1 is 1.40 bits per heavy atom. The fraction of sp³-hybridized carbons (Fsp3) is 0.625. The Morgan fingerprint density at radius 2 is 1.90 bits per heavy atom. The molecule has 1 N–H and O–H groups in total. The van der Waals surface area contributed by atoms with Crippen molar-refractivity contribution in [2.45, 2.75) is 26.9 Å². The second-order valence-electron chi connectivity index (χ2n) is 2.91. The molecule has 0 aromatic heterocycles. The molecule has 1 aliphatic carbocycles. The van der Waals surface area contributed by atoms with Gasteiger partial charge in [0, 0.05) is 5.92 Å². The van der Waals surface area contributed by atoms with Crippen LogP contribution >= 0.6 is 0 Å². The highest BCUT2D eigenvalue weighted by atomic mass is 16.3. The Labute approximate surface area is 60.6 Å². The maximum atomic E-state index is 11.0. The molecule has 2 nitrogen and oxygen atoms in total. The van der Waals surface area contributed by atoms with Gasteiger partial charge in [0.2, 0.25) is 0 Å². The van der Waals surface area contributed by atoms with Crippen molar-refractivity contribution in [1.29, 1.82) is 0 Å². The molecule has 0 aliphatic heterocycles. The number of aliphatic hydroxyl groups excluding tert-OH is 1. The third-order valence-electron chi connectivity index (χ3n) is 2.39. The zero-order valence-corrected chi connectivity index (χ0v) is 6.51. The van der Waals surface area contributed by atoms with Crippen LogP contribution in [0.15, 0.2) is 11.1 Å². The van der Waals surface area contributed by atoms with E-state index in [1.54, 1.807) is 6.92 Å². The van der Waals surface area contributed by atoms with Crippen LogP contribution in [-0.4, -0.2) is 17.0 Å². The number of hydrogen-bond acceptors (Lipinski definition) is 2. The highest BCUT2D eigenvalue weighted by Gasteiger charge is 2.32. The van der Waals surface area contributed by atoms with Gasteiger partial charge in [-0.3, -0.25) is 4.79 Å². The molecule has 0 spiro atoms. The summed E-state index contributed by atoms with van der Waals surface area (Å²) in [4.78, 5) is 11.0. The Hall–Kier alpha value is -0.630. The first-order chi connectivity index (χ1) is 4.55. The summed E-state index contributed by atoms with van der Waals surface area (Å²) in [7, 11) is 0. The molecule has 2 atom stereocenters. The molecule has 0 saturated carbocycles. The van der Waals surface area contributed by atoms with E-state index in [4.69, 9.17) is 0 Å². The van der Waals surface area contributed by atoms with Gasteiger partial charge >= 0.3 is 0 Å². The lowest BCUT2D eigenvalue weighted by molar-refractivity contribution is -0.123. The van der Waals surface area contributed by atoms with Crippen molar-refractivity contribution in [3.05, 3.63) is 11.1 Å². The normalized spacial score (nSPS) is 33.8. The first-order valence-electron chi connectivity index (χ1n) is 3.45. The van der Waals surface area contributed by atoms with Crippen LogP contribution in [0.3, 0.4) is 0 Å². The van der Waals surface area contributed by atoms with E-state index in [1.807, 2.05) is 13.8 Å². The van der Waals surface area contributed by atoms with E-state index in [9.17, 15) is 9.90 Å². The number of hydrogen-bond donors (Lipinski definition) is 1. The van der Waals surface area contributed by atoms with Crippen molar-refractivity contribution in [2.24, 2.45) is 5.92 Å². The summed E-state index contributed by atoms with van der Waals surface area (Å²) in [5, 5.41) is 9.22. The van der Waals surface area contributed by atoms with Crippen LogP contribution in [-0.2, 0) is 4.79 Å². The highest BCUT2D eigenvalue weighted by molar-refractivity contribution is 6.01. The van der Waals surface area contributed by atoms with Crippen LogP contribution < -0.4 is 0 Å². The largest absolute Gasteiger partial charge is 0.384 e. The van der Waals surface area contributed by atoms with Gasteiger partial charge in [-0.2, -0.15) is 0 Å². The number of rotatable bonds is 0. The molecule has 2 heteroatoms. The predicted octanol–water partition coefficient (Wildman–Crippen LogP) is 0.903. The molecular weight excluding hydrogens is 128 g/mol. The van der Waals surface area contributed by atoms with Gasteiger partial charge in [0.1, 0.15) is 6.10 Å². The second-order valence-corrected chi connectivity index (χ2v) is 2.91. The molecule has 0 bridgehead atoms. The molecule has 0 aromatic carbocycles. The zero-order chi connectivity index (χ0) is 7.89. The lowest BCUT2D eigenvalue weighted by Crippen LogP contribution is -2.21. The minimum absolute atomic E-state index is 0.0208. The third-order valence-corrected chi connectivity index (χ3v) is 2.39. The Balaban J connectivity index is 2.99. The van der Waals surface area contributed by atoms with Crippen molar-refractivity contribution in [3.8, 4) is 0 Å². The molecule has 0 heterocycles. The molecule has 1 rings (SSSR count). The molecule has 0 aromatic rings. The van der Waals surface area contributed by atoms with Crippen LogP contribution in [0.2, 0.25) is 0 Å². The van der Waals surface area contributed by atoms with Gasteiger partial charge in [0.15, 0.2) is 5.78 Å². The number of carbonyl (C=O) groups is 1. The average molecular weight is 140 g/mol. The maximum Gasteiger partial charge on any atom is 0.187 e. The molecule has 56 valence electrons. The van der Waals surface area contributed by atoms with E-state index in [0.717, 1.165) is 11.1 Å². The van der Waals surface area contributed by atoms with E-state index in [-0.39, 0.29) is 11.7 Å². The van der Waals surface area contributed by atoms with E-state index >= 15 is 0 Å². The highest BCUT2D eigenvalue weighted by Crippen LogP contribution is 2.28. The minimum atomic E-state index is -0.778. The zero-order valence-electron chi connectivity index (χ0n) is 6.51. The number of carbonyl (C=O) groups excluding carboxylic acids is 1. The summed E-state index contributed by atoms with van der Waals surface area (Å²) < 4.78 is 0. The summed E-state index contributed by atoms with van der Waals surface area (Å²) in [5.41, 5.74) is 1.76. The summed E-state index contributed by atoms with van der Waals surface area (Å²) in [6, 6.07) is 0. The summed E-state index contributed by atoms with van der Waals surface area (Å²) in [6.07, 6.45) is -0.778. The maximum absolute atomic E-state index is 11.0. The van der Waals surface area contributed by atoms with Crippen molar-refractivity contribution >= 4 is 5.78 Å². The number of aliphatic hydroxyl groups is 1. The molecule has 0 amide bonds. The smallest absolute Gasteiger partial charge is 0.187 e. The van der Waals surface area contributed by atoms with Crippen LogP contribution in [0.25, 0.3) is 0 Å². The quantitative estimate of drug-likeness (QED) is 0.543. The monoisotopic (exact) mass is 140 g/mol. The summed E-state index contributed by atoms with van der Waals surface area (Å²) in [5.74, 6) is -0.0856. The molecule has 1 aliphatic rings. The molecule has 0 radical (unpaired) electrons. The lowest BCUT2D eigenvalue weighted by atomic mass is 10.0. The summed E-state index contributed by atoms with van der Waals surface area (Å²) >= 11 is 0. The number of Topliss-reactive ketones (excluding diaryl/α,β-unsaturated/α-hetero) is 1. The van der Waals surface area contributed by atoms with E-state index in [0.29, 0.717) is 0 Å².